The van der Waals surface area contributed by atoms with E-state index in [0.29, 0.717) is 6.42 Å². The van der Waals surface area contributed by atoms with Crippen LogP contribution in [-0.2, 0) is 9.53 Å². The Balaban J connectivity index is 2.40. The van der Waals surface area contributed by atoms with Crippen molar-refractivity contribution < 1.29 is 22.7 Å². The van der Waals surface area contributed by atoms with Gasteiger partial charge in [-0.25, -0.2) is 0 Å². The van der Waals surface area contributed by atoms with Gasteiger partial charge < -0.3 is 10.1 Å². The van der Waals surface area contributed by atoms with Crippen LogP contribution in [0.2, 0.25) is 0 Å². The normalized spacial score (nSPS) is 13.0. The molecule has 0 spiro atoms. The minimum absolute atomic E-state index is 0.0714. The maximum Gasteiger partial charge on any atom is 0.411 e. The van der Waals surface area contributed by atoms with Gasteiger partial charge >= 0.3 is 6.18 Å². The van der Waals surface area contributed by atoms with Crippen molar-refractivity contribution in [3.05, 3.63) is 35.9 Å². The molecule has 0 heterocycles. The molecule has 0 saturated carbocycles. The summed E-state index contributed by atoms with van der Waals surface area (Å²) in [5.41, 5.74) is 0.910. The highest BCUT2D eigenvalue weighted by Gasteiger charge is 2.27. The number of carbonyl (C=O) groups excluding carboxylic acids is 1. The maximum absolute atomic E-state index is 12.1. The first kappa shape index (κ1) is 17.5. The second kappa shape index (κ2) is 8.67. The third kappa shape index (κ3) is 7.13. The molecule has 0 aliphatic carbocycles. The number of carbonyl (C=O) groups is 1. The Morgan fingerprint density at radius 3 is 2.52 bits per heavy atom. The molecular weight excluding hydrogens is 283 g/mol. The SMILES string of the molecule is CCCC(C(=O)NCCOCC(F)(F)F)c1ccccc1. The van der Waals surface area contributed by atoms with Crippen LogP contribution in [0, 0.1) is 0 Å². The molecule has 1 unspecified atom stereocenters. The molecule has 0 bridgehead atoms. The fourth-order valence-electron chi connectivity index (χ4n) is 1.98. The topological polar surface area (TPSA) is 38.3 Å². The summed E-state index contributed by atoms with van der Waals surface area (Å²) >= 11 is 0. The molecule has 0 radical (unpaired) electrons. The van der Waals surface area contributed by atoms with E-state index >= 15 is 0 Å². The molecule has 1 rings (SSSR count). The number of amides is 1. The molecule has 0 saturated heterocycles. The quantitative estimate of drug-likeness (QED) is 0.749. The van der Waals surface area contributed by atoms with Crippen molar-refractivity contribution in [1.82, 2.24) is 5.32 Å². The largest absolute Gasteiger partial charge is 0.411 e. The zero-order valence-corrected chi connectivity index (χ0v) is 12.0. The van der Waals surface area contributed by atoms with Gasteiger partial charge in [-0.15, -0.1) is 0 Å². The van der Waals surface area contributed by atoms with E-state index in [-0.39, 0.29) is 25.0 Å². The van der Waals surface area contributed by atoms with Gasteiger partial charge in [-0.1, -0.05) is 43.7 Å². The average molecular weight is 303 g/mol. The number of ether oxygens (including phenoxy) is 1. The lowest BCUT2D eigenvalue weighted by molar-refractivity contribution is -0.173. The monoisotopic (exact) mass is 303 g/mol. The molecule has 6 heteroatoms. The number of hydrogen-bond acceptors (Lipinski definition) is 2. The summed E-state index contributed by atoms with van der Waals surface area (Å²) in [6, 6.07) is 9.34. The summed E-state index contributed by atoms with van der Waals surface area (Å²) < 4.78 is 40.1. The molecule has 0 aliphatic rings. The second-order valence-electron chi connectivity index (χ2n) is 4.71. The first-order valence-corrected chi connectivity index (χ1v) is 6.91. The Morgan fingerprint density at radius 2 is 1.95 bits per heavy atom. The van der Waals surface area contributed by atoms with Gasteiger partial charge in [-0.2, -0.15) is 13.2 Å². The smallest absolute Gasteiger partial charge is 0.370 e. The minimum atomic E-state index is -4.33. The highest BCUT2D eigenvalue weighted by molar-refractivity contribution is 5.83. The Kier molecular flexibility index (Phi) is 7.22. The summed E-state index contributed by atoms with van der Waals surface area (Å²) in [6.45, 7) is 0.608. The van der Waals surface area contributed by atoms with Crippen LogP contribution in [0.5, 0.6) is 0 Å². The van der Waals surface area contributed by atoms with E-state index in [2.05, 4.69) is 10.1 Å². The number of benzene rings is 1. The highest BCUT2D eigenvalue weighted by Crippen LogP contribution is 2.21. The van der Waals surface area contributed by atoms with Crippen LogP contribution in [-0.4, -0.2) is 31.8 Å². The molecule has 0 fully saturated rings. The number of nitrogens with one attached hydrogen (secondary N) is 1. The van der Waals surface area contributed by atoms with E-state index in [9.17, 15) is 18.0 Å². The average Bonchev–Trinajstić information content (AvgIpc) is 2.44. The van der Waals surface area contributed by atoms with Gasteiger partial charge in [0.1, 0.15) is 6.61 Å². The molecule has 118 valence electrons. The van der Waals surface area contributed by atoms with Crippen molar-refractivity contribution >= 4 is 5.91 Å². The molecule has 1 N–H and O–H groups in total. The first-order chi connectivity index (χ1) is 9.94. The standard InChI is InChI=1S/C15H20F3NO2/c1-2-6-13(12-7-4-3-5-8-12)14(20)19-9-10-21-11-15(16,17)18/h3-5,7-8,13H,2,6,9-11H2,1H3,(H,19,20). The summed E-state index contributed by atoms with van der Waals surface area (Å²) in [4.78, 5) is 12.1. The van der Waals surface area contributed by atoms with Crippen LogP contribution in [0.15, 0.2) is 30.3 Å². The van der Waals surface area contributed by atoms with E-state index in [0.717, 1.165) is 12.0 Å². The number of alkyl halides is 3. The van der Waals surface area contributed by atoms with E-state index < -0.39 is 12.8 Å². The van der Waals surface area contributed by atoms with Gasteiger partial charge in [0, 0.05) is 6.54 Å². The van der Waals surface area contributed by atoms with Gasteiger partial charge in [0.25, 0.3) is 0 Å². The molecule has 3 nitrogen and oxygen atoms in total. The molecular formula is C15H20F3NO2. The first-order valence-electron chi connectivity index (χ1n) is 6.91. The fourth-order valence-corrected chi connectivity index (χ4v) is 1.98. The molecule has 0 aliphatic heterocycles. The number of hydrogen-bond donors (Lipinski definition) is 1. The predicted octanol–water partition coefficient (Wildman–Crippen LogP) is 3.27. The number of halogens is 3. The lowest BCUT2D eigenvalue weighted by atomic mass is 9.94. The zero-order valence-electron chi connectivity index (χ0n) is 12.0. The third-order valence-corrected chi connectivity index (χ3v) is 2.91. The molecule has 1 aromatic carbocycles. The minimum Gasteiger partial charge on any atom is -0.370 e. The second-order valence-corrected chi connectivity index (χ2v) is 4.71. The molecule has 1 amide bonds. The van der Waals surface area contributed by atoms with Crippen molar-refractivity contribution in [2.24, 2.45) is 0 Å². The van der Waals surface area contributed by atoms with Crippen LogP contribution in [0.3, 0.4) is 0 Å². The van der Waals surface area contributed by atoms with Crippen LogP contribution < -0.4 is 5.32 Å². The van der Waals surface area contributed by atoms with Gasteiger partial charge in [0.05, 0.1) is 12.5 Å². The molecule has 1 aromatic rings. The summed E-state index contributed by atoms with van der Waals surface area (Å²) in [5, 5.41) is 2.62. The molecule has 1 atom stereocenters. The number of rotatable bonds is 8. The highest BCUT2D eigenvalue weighted by atomic mass is 19.4. The van der Waals surface area contributed by atoms with E-state index in [1.165, 1.54) is 0 Å². The van der Waals surface area contributed by atoms with Crippen molar-refractivity contribution in [2.75, 3.05) is 19.8 Å². The van der Waals surface area contributed by atoms with E-state index in [1.807, 2.05) is 37.3 Å². The van der Waals surface area contributed by atoms with Crippen LogP contribution in [0.4, 0.5) is 13.2 Å². The lowest BCUT2D eigenvalue weighted by Crippen LogP contribution is -2.32. The summed E-state index contributed by atoms with van der Waals surface area (Å²) in [7, 11) is 0. The van der Waals surface area contributed by atoms with Crippen molar-refractivity contribution in [3.8, 4) is 0 Å². The molecule has 21 heavy (non-hydrogen) atoms. The van der Waals surface area contributed by atoms with Gasteiger partial charge in [0.2, 0.25) is 5.91 Å². The fraction of sp³-hybridized carbons (Fsp3) is 0.533. The Hall–Kier alpha value is -1.56. The Morgan fingerprint density at radius 1 is 1.29 bits per heavy atom. The van der Waals surface area contributed by atoms with Crippen LogP contribution in [0.25, 0.3) is 0 Å². The van der Waals surface area contributed by atoms with Gasteiger partial charge in [0.15, 0.2) is 0 Å². The summed E-state index contributed by atoms with van der Waals surface area (Å²) in [5.74, 6) is -0.461. The Bertz CT molecular complexity index is 421. The third-order valence-electron chi connectivity index (χ3n) is 2.91. The van der Waals surface area contributed by atoms with Crippen molar-refractivity contribution in [1.29, 1.82) is 0 Å². The van der Waals surface area contributed by atoms with Crippen molar-refractivity contribution in [2.45, 2.75) is 31.9 Å². The van der Waals surface area contributed by atoms with Crippen LogP contribution in [0.1, 0.15) is 31.2 Å². The van der Waals surface area contributed by atoms with Gasteiger partial charge in [-0.3, -0.25) is 4.79 Å². The lowest BCUT2D eigenvalue weighted by Gasteiger charge is -2.16. The predicted molar refractivity (Wildman–Crippen MR) is 74.0 cm³/mol. The summed E-state index contributed by atoms with van der Waals surface area (Å²) in [6.07, 6.45) is -2.80. The van der Waals surface area contributed by atoms with Gasteiger partial charge in [-0.05, 0) is 12.0 Å². The van der Waals surface area contributed by atoms with Crippen molar-refractivity contribution in [3.63, 3.8) is 0 Å². The Labute approximate surface area is 122 Å². The zero-order chi connectivity index (χ0) is 15.7. The van der Waals surface area contributed by atoms with E-state index in [4.69, 9.17) is 0 Å². The maximum atomic E-state index is 12.1. The van der Waals surface area contributed by atoms with Crippen LogP contribution >= 0.6 is 0 Å². The van der Waals surface area contributed by atoms with E-state index in [1.54, 1.807) is 0 Å². The molecule has 0 aromatic heterocycles.